The van der Waals surface area contributed by atoms with Crippen LogP contribution in [0.2, 0.25) is 0 Å². The molecule has 0 atom stereocenters. The molecule has 1 aromatic carbocycles. The minimum absolute atomic E-state index is 0.0339. The third-order valence-corrected chi connectivity index (χ3v) is 2.75. The summed E-state index contributed by atoms with van der Waals surface area (Å²) in [5.74, 6) is -0.551. The van der Waals surface area contributed by atoms with Gasteiger partial charge in [-0.2, -0.15) is 5.26 Å². The van der Waals surface area contributed by atoms with Crippen molar-refractivity contribution < 1.29 is 9.18 Å². The molecule has 0 aromatic heterocycles. The van der Waals surface area contributed by atoms with Crippen LogP contribution in [-0.4, -0.2) is 30.4 Å². The zero-order valence-corrected chi connectivity index (χ0v) is 11.2. The van der Waals surface area contributed by atoms with Crippen LogP contribution in [0.4, 0.5) is 4.39 Å². The van der Waals surface area contributed by atoms with Crippen LogP contribution < -0.4 is 5.32 Å². The molecule has 0 aliphatic carbocycles. The Balaban J connectivity index is 2.71. The van der Waals surface area contributed by atoms with Crippen LogP contribution >= 0.6 is 0 Å². The molecular formula is C14H18FN3O. The first kappa shape index (κ1) is 15.1. The van der Waals surface area contributed by atoms with E-state index in [-0.39, 0.29) is 11.5 Å². The Hall–Kier alpha value is -1.93. The number of hydrogen-bond acceptors (Lipinski definition) is 3. The second-order valence-corrected chi connectivity index (χ2v) is 4.18. The van der Waals surface area contributed by atoms with Crippen LogP contribution in [0.25, 0.3) is 0 Å². The lowest BCUT2D eigenvalue weighted by Gasteiger charge is -2.19. The number of carbonyl (C=O) groups excluding carboxylic acids is 1. The number of halogens is 1. The highest BCUT2D eigenvalue weighted by molar-refractivity contribution is 5.77. The van der Waals surface area contributed by atoms with Crippen LogP contribution in [0.3, 0.4) is 0 Å². The topological polar surface area (TPSA) is 56.1 Å². The molecule has 1 N–H and O–H groups in total. The normalized spacial score (nSPS) is 10.3. The lowest BCUT2D eigenvalue weighted by molar-refractivity contribution is -0.122. The molecule has 0 saturated heterocycles. The van der Waals surface area contributed by atoms with Crippen LogP contribution in [0, 0.1) is 17.1 Å². The number of nitrogens with one attached hydrogen (secondary N) is 1. The van der Waals surface area contributed by atoms with Gasteiger partial charge in [0, 0.05) is 13.1 Å². The molecule has 0 heterocycles. The van der Waals surface area contributed by atoms with Gasteiger partial charge in [0.2, 0.25) is 5.91 Å². The molecule has 0 unspecified atom stereocenters. The predicted molar refractivity (Wildman–Crippen MR) is 70.7 cm³/mol. The Bertz CT molecular complexity index is 482. The van der Waals surface area contributed by atoms with Gasteiger partial charge < -0.3 is 5.32 Å². The van der Waals surface area contributed by atoms with Gasteiger partial charge in [-0.15, -0.1) is 0 Å². The third kappa shape index (κ3) is 4.68. The van der Waals surface area contributed by atoms with E-state index < -0.39 is 5.82 Å². The average molecular weight is 263 g/mol. The standard InChI is InChI=1S/C14H18FN3O/c1-3-17-14(19)10-18(4-2)9-11-5-6-13(15)12(7-11)8-16/h5-7H,3-4,9-10H2,1-2H3,(H,17,19). The van der Waals surface area contributed by atoms with Crippen LogP contribution in [0.5, 0.6) is 0 Å². The quantitative estimate of drug-likeness (QED) is 0.849. The molecule has 4 nitrogen and oxygen atoms in total. The van der Waals surface area contributed by atoms with E-state index in [1.807, 2.05) is 24.8 Å². The fraction of sp³-hybridized carbons (Fsp3) is 0.429. The van der Waals surface area contributed by atoms with Crippen molar-refractivity contribution in [3.05, 3.63) is 35.1 Å². The van der Waals surface area contributed by atoms with Gasteiger partial charge in [0.25, 0.3) is 0 Å². The summed E-state index contributed by atoms with van der Waals surface area (Å²) in [6.45, 7) is 5.94. The summed E-state index contributed by atoms with van der Waals surface area (Å²) >= 11 is 0. The van der Waals surface area contributed by atoms with Crippen LogP contribution in [0.1, 0.15) is 25.0 Å². The first-order valence-corrected chi connectivity index (χ1v) is 6.28. The largest absolute Gasteiger partial charge is 0.355 e. The van der Waals surface area contributed by atoms with Crippen molar-refractivity contribution in [2.75, 3.05) is 19.6 Å². The monoisotopic (exact) mass is 263 g/mol. The zero-order valence-electron chi connectivity index (χ0n) is 11.2. The molecule has 5 heteroatoms. The average Bonchev–Trinajstić information content (AvgIpc) is 2.40. The molecule has 1 rings (SSSR count). The van der Waals surface area contributed by atoms with Crippen LogP contribution in [0.15, 0.2) is 18.2 Å². The van der Waals surface area contributed by atoms with Gasteiger partial charge in [-0.25, -0.2) is 4.39 Å². The van der Waals surface area contributed by atoms with Gasteiger partial charge in [-0.3, -0.25) is 9.69 Å². The van der Waals surface area contributed by atoms with Crippen molar-refractivity contribution in [2.45, 2.75) is 20.4 Å². The van der Waals surface area contributed by atoms with Crippen molar-refractivity contribution in [2.24, 2.45) is 0 Å². The van der Waals surface area contributed by atoms with Crippen molar-refractivity contribution >= 4 is 5.91 Å². The first-order chi connectivity index (χ1) is 9.10. The van der Waals surface area contributed by atoms with Crippen molar-refractivity contribution in [3.8, 4) is 6.07 Å². The van der Waals surface area contributed by atoms with Gasteiger partial charge in [-0.1, -0.05) is 13.0 Å². The van der Waals surface area contributed by atoms with Crippen molar-refractivity contribution in [1.82, 2.24) is 10.2 Å². The lowest BCUT2D eigenvalue weighted by atomic mass is 10.1. The van der Waals surface area contributed by atoms with Crippen molar-refractivity contribution in [3.63, 3.8) is 0 Å². The Morgan fingerprint density at radius 3 is 2.79 bits per heavy atom. The molecule has 1 aromatic rings. The highest BCUT2D eigenvalue weighted by Crippen LogP contribution is 2.11. The summed E-state index contributed by atoms with van der Waals surface area (Å²) in [7, 11) is 0. The van der Waals surface area contributed by atoms with Gasteiger partial charge in [0.1, 0.15) is 11.9 Å². The fourth-order valence-corrected chi connectivity index (χ4v) is 1.75. The number of nitrogens with zero attached hydrogens (tertiary/aromatic N) is 2. The molecule has 102 valence electrons. The van der Waals surface area contributed by atoms with E-state index in [0.717, 1.165) is 5.56 Å². The smallest absolute Gasteiger partial charge is 0.234 e. The summed E-state index contributed by atoms with van der Waals surface area (Å²) in [4.78, 5) is 13.4. The Labute approximate surface area is 112 Å². The number of hydrogen-bond donors (Lipinski definition) is 1. The summed E-state index contributed by atoms with van der Waals surface area (Å²) in [5, 5.41) is 11.5. The second kappa shape index (κ2) is 7.49. The molecule has 0 radical (unpaired) electrons. The summed E-state index contributed by atoms with van der Waals surface area (Å²) in [5.41, 5.74) is 0.857. The maximum absolute atomic E-state index is 13.2. The van der Waals surface area contributed by atoms with E-state index in [2.05, 4.69) is 5.32 Å². The molecule has 1 amide bonds. The van der Waals surface area contributed by atoms with Crippen LogP contribution in [-0.2, 0) is 11.3 Å². The number of rotatable bonds is 6. The van der Waals surface area contributed by atoms with Crippen molar-refractivity contribution in [1.29, 1.82) is 5.26 Å². The van der Waals surface area contributed by atoms with E-state index in [9.17, 15) is 9.18 Å². The number of nitriles is 1. The highest BCUT2D eigenvalue weighted by atomic mass is 19.1. The molecule has 0 aliphatic heterocycles. The minimum Gasteiger partial charge on any atom is -0.355 e. The molecule has 0 spiro atoms. The maximum Gasteiger partial charge on any atom is 0.234 e. The van der Waals surface area contributed by atoms with Gasteiger partial charge in [-0.05, 0) is 31.2 Å². The molecule has 0 saturated carbocycles. The highest BCUT2D eigenvalue weighted by Gasteiger charge is 2.10. The zero-order chi connectivity index (χ0) is 14.3. The lowest BCUT2D eigenvalue weighted by Crippen LogP contribution is -2.36. The minimum atomic E-state index is -0.516. The number of benzene rings is 1. The Morgan fingerprint density at radius 2 is 2.21 bits per heavy atom. The van der Waals surface area contributed by atoms with E-state index in [4.69, 9.17) is 5.26 Å². The van der Waals surface area contributed by atoms with Gasteiger partial charge in [0.05, 0.1) is 12.1 Å². The van der Waals surface area contributed by atoms with E-state index in [0.29, 0.717) is 26.2 Å². The van der Waals surface area contributed by atoms with E-state index >= 15 is 0 Å². The SMILES string of the molecule is CCNC(=O)CN(CC)Cc1ccc(F)c(C#N)c1. The number of amides is 1. The van der Waals surface area contributed by atoms with E-state index in [1.54, 1.807) is 6.07 Å². The second-order valence-electron chi connectivity index (χ2n) is 4.18. The molecule has 0 aliphatic rings. The molecule has 19 heavy (non-hydrogen) atoms. The van der Waals surface area contributed by atoms with E-state index in [1.165, 1.54) is 12.1 Å². The summed E-state index contributed by atoms with van der Waals surface area (Å²) in [6, 6.07) is 6.26. The number of carbonyl (C=O) groups is 1. The molecule has 0 fully saturated rings. The predicted octanol–water partition coefficient (Wildman–Crippen LogP) is 1.66. The maximum atomic E-state index is 13.2. The van der Waals surface area contributed by atoms with Gasteiger partial charge >= 0.3 is 0 Å². The Morgan fingerprint density at radius 1 is 1.47 bits per heavy atom. The Kier molecular flexibility index (Phi) is 5.97. The molecule has 0 bridgehead atoms. The molecular weight excluding hydrogens is 245 g/mol. The summed E-state index contributed by atoms with van der Waals surface area (Å²) in [6.07, 6.45) is 0. The first-order valence-electron chi connectivity index (χ1n) is 6.28. The fourth-order valence-electron chi connectivity index (χ4n) is 1.75. The number of likely N-dealkylation sites (N-methyl/N-ethyl adjacent to an activating group) is 2. The van der Waals surface area contributed by atoms with Gasteiger partial charge in [0.15, 0.2) is 0 Å². The summed E-state index contributed by atoms with van der Waals surface area (Å²) < 4.78 is 13.2. The third-order valence-electron chi connectivity index (χ3n) is 2.75.